The molecule has 0 spiro atoms. The van der Waals surface area contributed by atoms with E-state index < -0.39 is 0 Å². The normalized spacial score (nSPS) is 45.5. The van der Waals surface area contributed by atoms with Crippen LogP contribution in [-0.4, -0.2) is 37.0 Å². The zero-order chi connectivity index (χ0) is 29.6. The van der Waals surface area contributed by atoms with Crippen LogP contribution in [0.1, 0.15) is 98.8 Å². The van der Waals surface area contributed by atoms with Crippen molar-refractivity contribution in [3.63, 3.8) is 0 Å². The molecule has 2 N–H and O–H groups in total. The maximum atomic E-state index is 11.0. The summed E-state index contributed by atoms with van der Waals surface area (Å²) in [5.74, 6) is 3.00. The molecule has 0 amide bonds. The van der Waals surface area contributed by atoms with Crippen molar-refractivity contribution in [2.45, 2.75) is 111 Å². The van der Waals surface area contributed by atoms with Gasteiger partial charge in [0.1, 0.15) is 0 Å². The van der Waals surface area contributed by atoms with E-state index in [1.54, 1.807) is 0 Å². The second-order valence-electron chi connectivity index (χ2n) is 17.0. The predicted octanol–water partition coefficient (Wildman–Crippen LogP) is 4.04. The molecule has 0 bridgehead atoms. The first-order valence-electron chi connectivity index (χ1n) is 16.9. The van der Waals surface area contributed by atoms with Gasteiger partial charge in [0, 0.05) is 38.5 Å². The monoisotopic (exact) mass is 642 g/mol. The molecule has 5 aliphatic rings. The van der Waals surface area contributed by atoms with Crippen molar-refractivity contribution in [1.29, 1.82) is 0 Å². The van der Waals surface area contributed by atoms with Crippen molar-refractivity contribution in [3.05, 3.63) is 36.7 Å². The highest BCUT2D eigenvalue weighted by Crippen LogP contribution is 2.77. The largest absolute Gasteiger partial charge is 1.00 e. The van der Waals surface area contributed by atoms with Crippen LogP contribution in [0.4, 0.5) is 5.69 Å². The number of hydrogen-bond acceptors (Lipinski definition) is 3. The molecule has 42 heavy (non-hydrogen) atoms. The van der Waals surface area contributed by atoms with Gasteiger partial charge < -0.3 is 32.1 Å². The smallest absolute Gasteiger partial charge is 0.171 e. The lowest BCUT2D eigenvalue weighted by Gasteiger charge is -2.73. The van der Waals surface area contributed by atoms with Crippen molar-refractivity contribution < 1.29 is 31.8 Å². The molecule has 2 unspecified atom stereocenters. The Hall–Kier alpha value is -0.910. The number of aliphatic hydroxyl groups excluding tert-OH is 2. The van der Waals surface area contributed by atoms with Gasteiger partial charge in [0.15, 0.2) is 18.9 Å². The van der Waals surface area contributed by atoms with Gasteiger partial charge in [-0.3, -0.25) is 0 Å². The molecule has 5 saturated carbocycles. The standard InChI is InChI=1S/C37H59N2O2.BrH/c1-25(23-39-21-14-26(15-22-39)38(7)8)27-11-18-37(24-40)20-19-35(5)28(32(27)37)9-10-30-34(4)16-13-31(41)33(2,3)29(34)12-17-36(30,35)6;/h14-15,21-22,27-32,40-41H,1,9-13,16-20,23-24H2,2-8H3;1H/q+1;/p-1/t27-,28+,29-,30?,31?,32+,34-,35+,36+,37+;/m0./s1. The molecule has 1 aromatic heterocycles. The first kappa shape index (κ1) is 32.5. The third kappa shape index (κ3) is 4.43. The first-order valence-corrected chi connectivity index (χ1v) is 16.9. The predicted molar refractivity (Wildman–Crippen MR) is 167 cm³/mol. The van der Waals surface area contributed by atoms with Gasteiger partial charge in [-0.2, -0.15) is 0 Å². The maximum absolute atomic E-state index is 11.0. The Bertz CT molecular complexity index is 1170. The summed E-state index contributed by atoms with van der Waals surface area (Å²) in [6, 6.07) is 4.39. The fourth-order valence-electron chi connectivity index (χ4n) is 12.7. The summed E-state index contributed by atoms with van der Waals surface area (Å²) in [5, 5.41) is 22.0. The number of aromatic nitrogens is 1. The van der Waals surface area contributed by atoms with Gasteiger partial charge in [-0.1, -0.05) is 41.2 Å². The number of halogens is 1. The van der Waals surface area contributed by atoms with E-state index in [0.29, 0.717) is 41.1 Å². The Morgan fingerprint density at radius 1 is 0.881 bits per heavy atom. The molecule has 5 fully saturated rings. The summed E-state index contributed by atoms with van der Waals surface area (Å²) in [7, 11) is 4.18. The topological polar surface area (TPSA) is 47.6 Å². The highest BCUT2D eigenvalue weighted by Gasteiger charge is 2.70. The molecule has 6 rings (SSSR count). The zero-order valence-electron chi connectivity index (χ0n) is 27.6. The lowest BCUT2D eigenvalue weighted by molar-refractivity contribution is -0.689. The van der Waals surface area contributed by atoms with Crippen molar-refractivity contribution in [3.8, 4) is 0 Å². The number of nitrogens with zero attached hydrogens (tertiary/aromatic N) is 2. The van der Waals surface area contributed by atoms with Crippen LogP contribution in [0.3, 0.4) is 0 Å². The molecule has 5 aliphatic carbocycles. The summed E-state index contributed by atoms with van der Waals surface area (Å²) in [6.45, 7) is 18.7. The second kappa shape index (κ2) is 10.9. The average Bonchev–Trinajstić information content (AvgIpc) is 3.32. The molecule has 4 nitrogen and oxygen atoms in total. The molecular formula is C37H59BrN2O2. The van der Waals surface area contributed by atoms with E-state index in [1.165, 1.54) is 62.6 Å². The quantitative estimate of drug-likeness (QED) is 0.377. The third-order valence-electron chi connectivity index (χ3n) is 15.2. The van der Waals surface area contributed by atoms with Crippen LogP contribution in [0.2, 0.25) is 0 Å². The molecule has 236 valence electrons. The molecule has 1 heterocycles. The molecule has 1 aromatic rings. The Kier molecular flexibility index (Phi) is 8.40. The lowest BCUT2D eigenvalue weighted by Crippen LogP contribution is -3.00. The number of hydrogen-bond donors (Lipinski definition) is 2. The highest BCUT2D eigenvalue weighted by atomic mass is 79.9. The molecule has 0 radical (unpaired) electrons. The summed E-state index contributed by atoms with van der Waals surface area (Å²) >= 11 is 0. The minimum absolute atomic E-state index is 0. The van der Waals surface area contributed by atoms with Gasteiger partial charge in [0.2, 0.25) is 0 Å². The van der Waals surface area contributed by atoms with Gasteiger partial charge in [0.25, 0.3) is 0 Å². The van der Waals surface area contributed by atoms with Crippen LogP contribution in [-0.2, 0) is 6.54 Å². The van der Waals surface area contributed by atoms with Crippen molar-refractivity contribution in [1.82, 2.24) is 0 Å². The van der Waals surface area contributed by atoms with Gasteiger partial charge in [-0.25, -0.2) is 4.57 Å². The summed E-state index contributed by atoms with van der Waals surface area (Å²) < 4.78 is 2.30. The minimum atomic E-state index is -0.168. The first-order chi connectivity index (χ1) is 19.2. The van der Waals surface area contributed by atoms with Gasteiger partial charge in [-0.15, -0.1) is 0 Å². The summed E-state index contributed by atoms with van der Waals surface area (Å²) in [6.07, 6.45) is 16.3. The molecule has 0 aromatic carbocycles. The number of allylic oxidation sites excluding steroid dienone is 1. The number of anilines is 1. The molecule has 5 heteroatoms. The second-order valence-corrected chi connectivity index (χ2v) is 17.0. The molecule has 0 saturated heterocycles. The number of aliphatic hydroxyl groups is 2. The third-order valence-corrected chi connectivity index (χ3v) is 15.2. The van der Waals surface area contributed by atoms with Gasteiger partial charge in [0.05, 0.1) is 6.10 Å². The van der Waals surface area contributed by atoms with E-state index in [0.717, 1.165) is 25.3 Å². The van der Waals surface area contributed by atoms with E-state index in [-0.39, 0.29) is 39.3 Å². The van der Waals surface area contributed by atoms with Crippen LogP contribution in [0.15, 0.2) is 36.7 Å². The van der Waals surface area contributed by atoms with E-state index >= 15 is 0 Å². The minimum Gasteiger partial charge on any atom is -1.00 e. The molecular weight excluding hydrogens is 584 g/mol. The summed E-state index contributed by atoms with van der Waals surface area (Å²) in [5.41, 5.74) is 3.56. The van der Waals surface area contributed by atoms with Crippen LogP contribution >= 0.6 is 0 Å². The SMILES string of the molecule is C=C(C[n+]1ccc(N(C)C)cc1)[C@@H]1CC[C@]2(CO)CC[C@]3(C)[C@H](CCC4[C@@]5(C)CCC(O)C(C)(C)[C@@H]5CC[C@]43C)[C@@H]12.[Br-]. The van der Waals surface area contributed by atoms with E-state index in [2.05, 4.69) is 82.7 Å². The lowest BCUT2D eigenvalue weighted by atomic mass is 9.32. The van der Waals surface area contributed by atoms with Crippen molar-refractivity contribution in [2.75, 3.05) is 25.6 Å². The number of rotatable bonds is 5. The molecule has 0 aliphatic heterocycles. The summed E-state index contributed by atoms with van der Waals surface area (Å²) in [4.78, 5) is 2.15. The number of fused-ring (bicyclic) bond motifs is 7. The van der Waals surface area contributed by atoms with Crippen LogP contribution < -0.4 is 26.4 Å². The van der Waals surface area contributed by atoms with Crippen LogP contribution in [0, 0.1) is 56.7 Å². The maximum Gasteiger partial charge on any atom is 0.171 e. The highest BCUT2D eigenvalue weighted by molar-refractivity contribution is 5.41. The van der Waals surface area contributed by atoms with Crippen molar-refractivity contribution >= 4 is 5.69 Å². The van der Waals surface area contributed by atoms with Crippen molar-refractivity contribution in [2.24, 2.45) is 56.7 Å². The van der Waals surface area contributed by atoms with E-state index in [1.807, 2.05) is 0 Å². The average molecular weight is 644 g/mol. The Labute approximate surface area is 267 Å². The Morgan fingerprint density at radius 2 is 1.57 bits per heavy atom. The van der Waals surface area contributed by atoms with E-state index in [4.69, 9.17) is 6.58 Å². The zero-order valence-corrected chi connectivity index (χ0v) is 29.2. The van der Waals surface area contributed by atoms with Crippen LogP contribution in [0.25, 0.3) is 0 Å². The Morgan fingerprint density at radius 3 is 2.21 bits per heavy atom. The van der Waals surface area contributed by atoms with Gasteiger partial charge >= 0.3 is 0 Å². The fraction of sp³-hybridized carbons (Fsp3) is 0.811. The van der Waals surface area contributed by atoms with E-state index in [9.17, 15) is 10.2 Å². The fourth-order valence-corrected chi connectivity index (χ4v) is 12.7. The van der Waals surface area contributed by atoms with Gasteiger partial charge in [-0.05, 0) is 126 Å². The molecule has 10 atom stereocenters. The Balaban J connectivity index is 0.00000353. The van der Waals surface area contributed by atoms with Crippen LogP contribution in [0.5, 0.6) is 0 Å². The number of pyridine rings is 1.